The standard InChI is InChI=1S/C13H18N2O5/c1-3-14(4-2)13(17)9-20-12-6-5-10(8-16)7-11(12)15(18)19/h5-7,16H,3-4,8-9H2,1-2H3. The molecule has 1 aromatic rings. The fourth-order valence-electron chi connectivity index (χ4n) is 1.73. The summed E-state index contributed by atoms with van der Waals surface area (Å²) in [6.45, 7) is 4.27. The number of benzene rings is 1. The molecule has 0 aliphatic heterocycles. The van der Waals surface area contributed by atoms with Gasteiger partial charge in [0.25, 0.3) is 5.91 Å². The van der Waals surface area contributed by atoms with Gasteiger partial charge in [0.1, 0.15) is 0 Å². The van der Waals surface area contributed by atoms with Crippen LogP contribution in [0, 0.1) is 10.1 Å². The zero-order valence-corrected chi connectivity index (χ0v) is 11.5. The summed E-state index contributed by atoms with van der Waals surface area (Å²) < 4.78 is 5.23. The van der Waals surface area contributed by atoms with Crippen LogP contribution >= 0.6 is 0 Å². The minimum atomic E-state index is -0.601. The van der Waals surface area contributed by atoms with E-state index >= 15 is 0 Å². The van der Waals surface area contributed by atoms with E-state index in [-0.39, 0.29) is 30.6 Å². The van der Waals surface area contributed by atoms with Gasteiger partial charge in [0.15, 0.2) is 12.4 Å². The van der Waals surface area contributed by atoms with Gasteiger partial charge in [-0.1, -0.05) is 6.07 Å². The van der Waals surface area contributed by atoms with Gasteiger partial charge in [0.2, 0.25) is 0 Å². The molecule has 1 rings (SSSR count). The summed E-state index contributed by atoms with van der Waals surface area (Å²) in [4.78, 5) is 23.7. The van der Waals surface area contributed by atoms with E-state index in [9.17, 15) is 14.9 Å². The van der Waals surface area contributed by atoms with Crippen molar-refractivity contribution in [3.8, 4) is 5.75 Å². The molecule has 0 unspecified atom stereocenters. The lowest BCUT2D eigenvalue weighted by Crippen LogP contribution is -2.34. The smallest absolute Gasteiger partial charge is 0.311 e. The Morgan fingerprint density at radius 1 is 1.40 bits per heavy atom. The van der Waals surface area contributed by atoms with E-state index in [1.807, 2.05) is 13.8 Å². The molecule has 1 aromatic carbocycles. The molecule has 1 N–H and O–H groups in total. The number of nitrogens with zero attached hydrogens (tertiary/aromatic N) is 2. The summed E-state index contributed by atoms with van der Waals surface area (Å²) in [5, 5.41) is 19.9. The molecule has 0 radical (unpaired) electrons. The van der Waals surface area contributed by atoms with E-state index in [0.29, 0.717) is 18.7 Å². The Morgan fingerprint density at radius 3 is 2.55 bits per heavy atom. The number of hydrogen-bond acceptors (Lipinski definition) is 5. The van der Waals surface area contributed by atoms with Gasteiger partial charge in [-0.25, -0.2) is 0 Å². The first-order valence-electron chi connectivity index (χ1n) is 6.32. The number of carbonyl (C=O) groups is 1. The van der Waals surface area contributed by atoms with Gasteiger partial charge >= 0.3 is 5.69 Å². The Kier molecular flexibility index (Phi) is 5.92. The number of hydrogen-bond donors (Lipinski definition) is 1. The number of nitro benzene ring substituents is 1. The second kappa shape index (κ2) is 7.44. The number of aliphatic hydroxyl groups is 1. The lowest BCUT2D eigenvalue weighted by atomic mass is 10.2. The topological polar surface area (TPSA) is 92.9 Å². The summed E-state index contributed by atoms with van der Waals surface area (Å²) >= 11 is 0. The molecule has 0 saturated carbocycles. The van der Waals surface area contributed by atoms with E-state index in [4.69, 9.17) is 9.84 Å². The molecule has 0 heterocycles. The zero-order valence-electron chi connectivity index (χ0n) is 11.5. The summed E-state index contributed by atoms with van der Waals surface area (Å²) in [7, 11) is 0. The van der Waals surface area contributed by atoms with E-state index < -0.39 is 4.92 Å². The number of nitro groups is 1. The average Bonchev–Trinajstić information content (AvgIpc) is 2.46. The lowest BCUT2D eigenvalue weighted by Gasteiger charge is -2.18. The SMILES string of the molecule is CCN(CC)C(=O)COc1ccc(CO)cc1[N+](=O)[O-]. The highest BCUT2D eigenvalue weighted by atomic mass is 16.6. The van der Waals surface area contributed by atoms with Crippen molar-refractivity contribution in [2.24, 2.45) is 0 Å². The van der Waals surface area contributed by atoms with E-state index in [1.165, 1.54) is 18.2 Å². The molecule has 7 nitrogen and oxygen atoms in total. The Hall–Kier alpha value is -2.15. The molecule has 0 aromatic heterocycles. The first kappa shape index (κ1) is 15.9. The molecule has 110 valence electrons. The molecule has 0 saturated heterocycles. The molecule has 1 amide bonds. The second-order valence-electron chi connectivity index (χ2n) is 4.07. The zero-order chi connectivity index (χ0) is 15.1. The number of rotatable bonds is 7. The van der Waals surface area contributed by atoms with Gasteiger partial charge in [-0.15, -0.1) is 0 Å². The monoisotopic (exact) mass is 282 g/mol. The van der Waals surface area contributed by atoms with Gasteiger partial charge < -0.3 is 14.7 Å². The minimum absolute atomic E-state index is 0.0210. The lowest BCUT2D eigenvalue weighted by molar-refractivity contribution is -0.385. The maximum absolute atomic E-state index is 11.8. The van der Waals surface area contributed by atoms with Crippen molar-refractivity contribution in [2.75, 3.05) is 19.7 Å². The summed E-state index contributed by atoms with van der Waals surface area (Å²) in [5.74, 6) is -0.205. The van der Waals surface area contributed by atoms with Gasteiger partial charge in [-0.3, -0.25) is 14.9 Å². The molecular weight excluding hydrogens is 264 g/mol. The van der Waals surface area contributed by atoms with Crippen LogP contribution in [0.5, 0.6) is 5.75 Å². The summed E-state index contributed by atoms with van der Waals surface area (Å²) in [6, 6.07) is 4.14. The van der Waals surface area contributed by atoms with Crippen LogP contribution in [0.1, 0.15) is 19.4 Å². The molecule has 0 spiro atoms. The van der Waals surface area contributed by atoms with Gasteiger partial charge in [-0.2, -0.15) is 0 Å². The quantitative estimate of drug-likeness (QED) is 0.601. The normalized spacial score (nSPS) is 10.2. The van der Waals surface area contributed by atoms with Crippen molar-refractivity contribution in [3.05, 3.63) is 33.9 Å². The number of likely N-dealkylation sites (N-methyl/N-ethyl adjacent to an activating group) is 1. The molecule has 0 fully saturated rings. The van der Waals surface area contributed by atoms with Crippen molar-refractivity contribution in [1.29, 1.82) is 0 Å². The molecule has 0 aliphatic rings. The maximum Gasteiger partial charge on any atom is 0.311 e. The fourth-order valence-corrected chi connectivity index (χ4v) is 1.73. The van der Waals surface area contributed by atoms with Crippen LogP contribution in [-0.4, -0.2) is 40.5 Å². The van der Waals surface area contributed by atoms with Crippen molar-refractivity contribution < 1.29 is 19.6 Å². The molecule has 0 aliphatic carbocycles. The highest BCUT2D eigenvalue weighted by Crippen LogP contribution is 2.28. The van der Waals surface area contributed by atoms with Crippen LogP contribution < -0.4 is 4.74 Å². The third-order valence-corrected chi connectivity index (χ3v) is 2.87. The highest BCUT2D eigenvalue weighted by Gasteiger charge is 2.18. The van der Waals surface area contributed by atoms with Crippen LogP contribution in [0.3, 0.4) is 0 Å². The molecular formula is C13H18N2O5. The Labute approximate surface area is 116 Å². The Bertz CT molecular complexity index is 486. The third kappa shape index (κ3) is 3.92. The number of carbonyl (C=O) groups excluding carboxylic acids is 1. The average molecular weight is 282 g/mol. The first-order valence-corrected chi connectivity index (χ1v) is 6.32. The number of amides is 1. The Balaban J connectivity index is 2.82. The van der Waals surface area contributed by atoms with E-state index in [0.717, 1.165) is 0 Å². The van der Waals surface area contributed by atoms with Crippen LogP contribution in [0.25, 0.3) is 0 Å². The van der Waals surface area contributed by atoms with Crippen LogP contribution in [0.2, 0.25) is 0 Å². The van der Waals surface area contributed by atoms with Gasteiger partial charge in [-0.05, 0) is 25.5 Å². The number of aliphatic hydroxyl groups excluding tert-OH is 1. The Morgan fingerprint density at radius 2 is 2.05 bits per heavy atom. The predicted octanol–water partition coefficient (Wildman–Crippen LogP) is 1.33. The molecule has 0 bridgehead atoms. The highest BCUT2D eigenvalue weighted by molar-refractivity contribution is 5.77. The first-order chi connectivity index (χ1) is 9.53. The van der Waals surface area contributed by atoms with Crippen LogP contribution in [-0.2, 0) is 11.4 Å². The third-order valence-electron chi connectivity index (χ3n) is 2.87. The van der Waals surface area contributed by atoms with E-state index in [2.05, 4.69) is 0 Å². The molecule has 7 heteroatoms. The summed E-state index contributed by atoms with van der Waals surface area (Å²) in [5.41, 5.74) is 0.156. The second-order valence-corrected chi connectivity index (χ2v) is 4.07. The van der Waals surface area contributed by atoms with Crippen molar-refractivity contribution in [3.63, 3.8) is 0 Å². The molecule has 0 atom stereocenters. The van der Waals surface area contributed by atoms with Crippen molar-refractivity contribution >= 4 is 11.6 Å². The van der Waals surface area contributed by atoms with Gasteiger partial charge in [0.05, 0.1) is 11.5 Å². The van der Waals surface area contributed by atoms with Crippen molar-refractivity contribution in [1.82, 2.24) is 4.90 Å². The van der Waals surface area contributed by atoms with Crippen LogP contribution in [0.15, 0.2) is 18.2 Å². The fraction of sp³-hybridized carbons (Fsp3) is 0.462. The minimum Gasteiger partial charge on any atom is -0.477 e. The molecule has 20 heavy (non-hydrogen) atoms. The van der Waals surface area contributed by atoms with E-state index in [1.54, 1.807) is 4.90 Å². The number of ether oxygens (including phenoxy) is 1. The van der Waals surface area contributed by atoms with Gasteiger partial charge in [0, 0.05) is 19.2 Å². The maximum atomic E-state index is 11.8. The predicted molar refractivity (Wildman–Crippen MR) is 72.4 cm³/mol. The van der Waals surface area contributed by atoms with Crippen LogP contribution in [0.4, 0.5) is 5.69 Å². The summed E-state index contributed by atoms with van der Waals surface area (Å²) in [6.07, 6.45) is 0. The van der Waals surface area contributed by atoms with Crippen molar-refractivity contribution in [2.45, 2.75) is 20.5 Å². The largest absolute Gasteiger partial charge is 0.477 e.